The Kier molecular flexibility index (Phi) is 5.00. The van der Waals surface area contributed by atoms with E-state index in [-0.39, 0.29) is 17.9 Å². The van der Waals surface area contributed by atoms with Crippen LogP contribution < -0.4 is 0 Å². The van der Waals surface area contributed by atoms with Gasteiger partial charge in [-0.1, -0.05) is 35.5 Å². The molecule has 7 nitrogen and oxygen atoms in total. The van der Waals surface area contributed by atoms with E-state index in [1.165, 1.54) is 0 Å². The molecule has 7 heteroatoms. The van der Waals surface area contributed by atoms with Gasteiger partial charge in [-0.2, -0.15) is 5.10 Å². The number of ether oxygens (including phenoxy) is 1. The van der Waals surface area contributed by atoms with Crippen LogP contribution in [0.1, 0.15) is 21.9 Å². The summed E-state index contributed by atoms with van der Waals surface area (Å²) in [6.07, 6.45) is 0.667. The van der Waals surface area contributed by atoms with Crippen LogP contribution >= 0.6 is 0 Å². The molecule has 146 valence electrons. The van der Waals surface area contributed by atoms with Gasteiger partial charge in [0.2, 0.25) is 0 Å². The minimum absolute atomic E-state index is 0.0313. The minimum atomic E-state index is -0.0320. The van der Waals surface area contributed by atoms with E-state index in [0.29, 0.717) is 25.2 Å². The van der Waals surface area contributed by atoms with Gasteiger partial charge in [0.15, 0.2) is 0 Å². The Morgan fingerprint density at radius 2 is 2.04 bits per heavy atom. The highest BCUT2D eigenvalue weighted by atomic mass is 16.5. The third kappa shape index (κ3) is 3.57. The lowest BCUT2D eigenvalue weighted by molar-refractivity contribution is 0.0666. The van der Waals surface area contributed by atoms with Gasteiger partial charge in [0, 0.05) is 51.2 Å². The number of hydrogen-bond donors (Lipinski definition) is 0. The number of aryl methyl sites for hydroxylation is 2. The van der Waals surface area contributed by atoms with E-state index in [2.05, 4.69) is 10.3 Å². The lowest BCUT2D eigenvalue weighted by Gasteiger charge is -2.15. The molecule has 0 spiro atoms. The van der Waals surface area contributed by atoms with E-state index in [0.717, 1.165) is 22.7 Å². The third-order valence-electron chi connectivity index (χ3n) is 5.28. The molecular formula is C21H24N4O3. The second-order valence-electron chi connectivity index (χ2n) is 7.29. The molecule has 3 aromatic rings. The Hall–Kier alpha value is -2.93. The number of hydrogen-bond acceptors (Lipinski definition) is 5. The lowest BCUT2D eigenvalue weighted by atomic mass is 10.0. The zero-order valence-corrected chi connectivity index (χ0v) is 16.3. The summed E-state index contributed by atoms with van der Waals surface area (Å²) >= 11 is 0. The van der Waals surface area contributed by atoms with Crippen LogP contribution in [0.15, 0.2) is 47.0 Å². The highest BCUT2D eigenvalue weighted by Crippen LogP contribution is 2.26. The van der Waals surface area contributed by atoms with Gasteiger partial charge in [0.25, 0.3) is 5.91 Å². The molecule has 4 rings (SSSR count). The molecule has 0 aliphatic carbocycles. The number of nitrogens with zero attached hydrogens (tertiary/aromatic N) is 4. The van der Waals surface area contributed by atoms with E-state index >= 15 is 0 Å². The quantitative estimate of drug-likeness (QED) is 0.680. The second kappa shape index (κ2) is 7.59. The highest BCUT2D eigenvalue weighted by Gasteiger charge is 2.37. The van der Waals surface area contributed by atoms with Crippen molar-refractivity contribution in [3.8, 4) is 11.3 Å². The van der Waals surface area contributed by atoms with Gasteiger partial charge in [-0.25, -0.2) is 0 Å². The van der Waals surface area contributed by atoms with Crippen LogP contribution in [0.5, 0.6) is 0 Å². The van der Waals surface area contributed by atoms with Gasteiger partial charge in [-0.05, 0) is 13.0 Å². The van der Waals surface area contributed by atoms with Gasteiger partial charge in [-0.3, -0.25) is 9.48 Å². The normalized spacial score (nSPS) is 19.3. The number of rotatable bonds is 5. The van der Waals surface area contributed by atoms with E-state index in [9.17, 15) is 4.79 Å². The molecule has 28 heavy (non-hydrogen) atoms. The van der Waals surface area contributed by atoms with Crippen molar-refractivity contribution in [3.05, 3.63) is 59.6 Å². The van der Waals surface area contributed by atoms with Crippen LogP contribution in [0.4, 0.5) is 0 Å². The molecule has 3 heterocycles. The summed E-state index contributed by atoms with van der Waals surface area (Å²) in [5.41, 5.74) is 3.22. The molecule has 1 aliphatic heterocycles. The molecule has 1 aromatic carbocycles. The molecule has 2 atom stereocenters. The number of carbonyl (C=O) groups excluding carboxylic acids is 1. The topological polar surface area (TPSA) is 73.4 Å². The summed E-state index contributed by atoms with van der Waals surface area (Å²) in [5.74, 6) is 0.962. The summed E-state index contributed by atoms with van der Waals surface area (Å²) in [6.45, 7) is 3.07. The van der Waals surface area contributed by atoms with E-state index in [4.69, 9.17) is 9.26 Å². The lowest BCUT2D eigenvalue weighted by Crippen LogP contribution is -2.31. The number of aromatic nitrogens is 3. The molecule has 1 saturated heterocycles. The number of benzene rings is 1. The molecule has 0 N–H and O–H groups in total. The Morgan fingerprint density at radius 3 is 2.71 bits per heavy atom. The first kappa shape index (κ1) is 18.4. The fourth-order valence-corrected chi connectivity index (χ4v) is 3.82. The monoisotopic (exact) mass is 380 g/mol. The van der Waals surface area contributed by atoms with Crippen molar-refractivity contribution in [2.75, 3.05) is 20.2 Å². The Labute approximate surface area is 163 Å². The van der Waals surface area contributed by atoms with E-state index in [1.807, 2.05) is 54.3 Å². The van der Waals surface area contributed by atoms with Gasteiger partial charge in [0.1, 0.15) is 11.5 Å². The maximum Gasteiger partial charge on any atom is 0.272 e. The number of carbonyl (C=O) groups is 1. The molecule has 1 fully saturated rings. The van der Waals surface area contributed by atoms with Gasteiger partial charge in [-0.15, -0.1) is 0 Å². The van der Waals surface area contributed by atoms with Crippen molar-refractivity contribution in [1.29, 1.82) is 0 Å². The average molecular weight is 380 g/mol. The summed E-state index contributed by atoms with van der Waals surface area (Å²) in [4.78, 5) is 15.0. The molecular weight excluding hydrogens is 356 g/mol. The van der Waals surface area contributed by atoms with Crippen LogP contribution in [0, 0.1) is 12.8 Å². The molecule has 0 saturated carbocycles. The molecule has 0 radical (unpaired) electrons. The van der Waals surface area contributed by atoms with Gasteiger partial charge in [0.05, 0.1) is 17.5 Å². The van der Waals surface area contributed by atoms with E-state index in [1.54, 1.807) is 18.8 Å². The van der Waals surface area contributed by atoms with E-state index < -0.39 is 0 Å². The molecule has 0 bridgehead atoms. The minimum Gasteiger partial charge on any atom is -0.379 e. The highest BCUT2D eigenvalue weighted by molar-refractivity contribution is 5.94. The Balaban J connectivity index is 1.51. The zero-order chi connectivity index (χ0) is 19.7. The second-order valence-corrected chi connectivity index (χ2v) is 7.29. The van der Waals surface area contributed by atoms with Crippen molar-refractivity contribution in [1.82, 2.24) is 19.8 Å². The van der Waals surface area contributed by atoms with Crippen LogP contribution in [-0.4, -0.2) is 52.0 Å². The summed E-state index contributed by atoms with van der Waals surface area (Å²) < 4.78 is 12.6. The smallest absolute Gasteiger partial charge is 0.272 e. The maximum absolute atomic E-state index is 13.1. The molecule has 0 unspecified atom stereocenters. The standard InChI is InChI=1S/C21H24N4O3/c1-14-9-17(28-23-14)10-16-12-25(13-20(16)27-3)21(26)19-11-18(22-24(19)2)15-7-5-4-6-8-15/h4-9,11,16,20H,10,12-13H2,1-3H3/t16-,20+/m1/s1. The van der Waals surface area contributed by atoms with Crippen molar-refractivity contribution in [3.63, 3.8) is 0 Å². The average Bonchev–Trinajstić information content (AvgIpc) is 3.41. The Morgan fingerprint density at radius 1 is 1.25 bits per heavy atom. The predicted molar refractivity (Wildman–Crippen MR) is 104 cm³/mol. The van der Waals surface area contributed by atoms with Crippen LogP contribution in [0.25, 0.3) is 11.3 Å². The summed E-state index contributed by atoms with van der Waals surface area (Å²) in [6, 6.07) is 13.7. The van der Waals surface area contributed by atoms with Gasteiger partial charge < -0.3 is 14.2 Å². The third-order valence-corrected chi connectivity index (χ3v) is 5.28. The number of amides is 1. The first-order valence-corrected chi connectivity index (χ1v) is 9.39. The fourth-order valence-electron chi connectivity index (χ4n) is 3.82. The SMILES string of the molecule is CO[C@H]1CN(C(=O)c2cc(-c3ccccc3)nn2C)C[C@H]1Cc1cc(C)no1. The van der Waals surface area contributed by atoms with Gasteiger partial charge >= 0.3 is 0 Å². The Bertz CT molecular complexity index is 963. The van der Waals surface area contributed by atoms with Crippen molar-refractivity contribution in [2.24, 2.45) is 13.0 Å². The predicted octanol–water partition coefficient (Wildman–Crippen LogP) is 2.71. The first-order valence-electron chi connectivity index (χ1n) is 9.39. The number of methoxy groups -OCH3 is 1. The van der Waals surface area contributed by atoms with Crippen molar-refractivity contribution in [2.45, 2.75) is 19.4 Å². The zero-order valence-electron chi connectivity index (χ0n) is 16.3. The largest absolute Gasteiger partial charge is 0.379 e. The van der Waals surface area contributed by atoms with Crippen molar-refractivity contribution < 1.29 is 14.1 Å². The summed E-state index contributed by atoms with van der Waals surface area (Å²) in [5, 5.41) is 8.46. The molecule has 1 amide bonds. The molecule has 2 aromatic heterocycles. The first-order chi connectivity index (χ1) is 13.5. The maximum atomic E-state index is 13.1. The van der Waals surface area contributed by atoms with Crippen LogP contribution in [-0.2, 0) is 18.2 Å². The fraction of sp³-hybridized carbons (Fsp3) is 0.381. The number of likely N-dealkylation sites (tertiary alicyclic amines) is 1. The molecule has 1 aliphatic rings. The summed E-state index contributed by atoms with van der Waals surface area (Å²) in [7, 11) is 3.49. The van der Waals surface area contributed by atoms with Crippen LogP contribution in [0.2, 0.25) is 0 Å². The van der Waals surface area contributed by atoms with Crippen LogP contribution in [0.3, 0.4) is 0 Å². The van der Waals surface area contributed by atoms with Crippen molar-refractivity contribution >= 4 is 5.91 Å².